The normalized spacial score (nSPS) is 32.8. The third kappa shape index (κ3) is 2.82. The molecule has 1 aliphatic carbocycles. The molecule has 25 heavy (non-hydrogen) atoms. The number of thiazole rings is 1. The van der Waals surface area contributed by atoms with Gasteiger partial charge in [-0.05, 0) is 42.5 Å². The molecular formula is C19H21ClN2O2S. The van der Waals surface area contributed by atoms with E-state index in [1.807, 2.05) is 24.4 Å². The molecule has 0 N–H and O–H groups in total. The molecule has 1 aromatic carbocycles. The van der Waals surface area contributed by atoms with Gasteiger partial charge < -0.3 is 14.4 Å². The number of nitrogens with zero attached hydrogens (tertiary/aromatic N) is 2. The van der Waals surface area contributed by atoms with Gasteiger partial charge in [0.2, 0.25) is 0 Å². The Morgan fingerprint density at radius 2 is 2.00 bits per heavy atom. The number of benzene rings is 1. The molecule has 132 valence electrons. The van der Waals surface area contributed by atoms with Gasteiger partial charge in [0.15, 0.2) is 0 Å². The van der Waals surface area contributed by atoms with Crippen molar-refractivity contribution in [1.29, 1.82) is 0 Å². The van der Waals surface area contributed by atoms with E-state index in [9.17, 15) is 0 Å². The fourth-order valence-corrected chi connectivity index (χ4v) is 6.00. The van der Waals surface area contributed by atoms with Gasteiger partial charge in [-0.1, -0.05) is 22.9 Å². The molecule has 4 bridgehead atoms. The van der Waals surface area contributed by atoms with E-state index in [0.717, 1.165) is 21.6 Å². The fraction of sp³-hybridized carbons (Fsp3) is 0.526. The van der Waals surface area contributed by atoms with Crippen LogP contribution in [0.25, 0.3) is 10.4 Å². The number of methoxy groups -OCH3 is 1. The molecule has 4 aliphatic rings. The zero-order valence-electron chi connectivity index (χ0n) is 14.2. The van der Waals surface area contributed by atoms with Crippen LogP contribution < -0.4 is 9.47 Å². The minimum Gasteiger partial charge on any atom is -0.495 e. The topological polar surface area (TPSA) is 34.6 Å². The Labute approximate surface area is 156 Å². The van der Waals surface area contributed by atoms with Crippen molar-refractivity contribution in [2.24, 2.45) is 17.8 Å². The fourth-order valence-electron chi connectivity index (χ4n) is 4.94. The summed E-state index contributed by atoms with van der Waals surface area (Å²) in [5.41, 5.74) is 1.05. The summed E-state index contributed by atoms with van der Waals surface area (Å²) in [6.45, 7) is 3.70. The first-order valence-electron chi connectivity index (χ1n) is 8.88. The molecule has 0 spiro atoms. The number of ether oxygens (including phenoxy) is 2. The molecule has 2 aromatic rings. The smallest absolute Gasteiger partial charge is 0.273 e. The summed E-state index contributed by atoms with van der Waals surface area (Å²) in [6.07, 6.45) is 4.87. The Balaban J connectivity index is 1.34. The van der Waals surface area contributed by atoms with Gasteiger partial charge in [0.05, 0.1) is 17.0 Å². The lowest BCUT2D eigenvalue weighted by atomic mass is 9.66. The third-order valence-electron chi connectivity index (χ3n) is 5.86. The summed E-state index contributed by atoms with van der Waals surface area (Å²) >= 11 is 7.85. The minimum absolute atomic E-state index is 0.339. The second kappa shape index (κ2) is 6.15. The number of halogens is 1. The lowest BCUT2D eigenvalue weighted by molar-refractivity contribution is -0.0985. The van der Waals surface area contributed by atoms with Crippen LogP contribution in [0.1, 0.15) is 12.8 Å². The molecule has 1 saturated carbocycles. The van der Waals surface area contributed by atoms with Crippen LogP contribution in [0.4, 0.5) is 0 Å². The van der Waals surface area contributed by atoms with Crippen molar-refractivity contribution in [3.8, 4) is 21.4 Å². The van der Waals surface area contributed by atoms with Gasteiger partial charge in [-0.15, -0.1) is 0 Å². The van der Waals surface area contributed by atoms with Crippen molar-refractivity contribution in [3.63, 3.8) is 0 Å². The van der Waals surface area contributed by atoms with Crippen LogP contribution in [0, 0.1) is 17.8 Å². The van der Waals surface area contributed by atoms with Crippen LogP contribution in [-0.2, 0) is 0 Å². The Bertz CT molecular complexity index is 765. The molecule has 1 aromatic heterocycles. The van der Waals surface area contributed by atoms with Crippen molar-refractivity contribution in [2.45, 2.75) is 18.9 Å². The maximum Gasteiger partial charge on any atom is 0.273 e. The van der Waals surface area contributed by atoms with Crippen LogP contribution in [0.15, 0.2) is 24.4 Å². The zero-order valence-corrected chi connectivity index (χ0v) is 15.7. The standard InChI is InChI=1S/C19H21ClN2O2S/c1-23-16-3-2-12(6-15(16)20)17-7-21-19(25-17)24-18-13-4-11-5-14(18)10-22(8-11)9-13/h2-3,6-7,11,13-14,18H,4-5,8-10H2,1H3. The molecule has 4 heterocycles. The van der Waals surface area contributed by atoms with Crippen LogP contribution in [0.2, 0.25) is 5.02 Å². The van der Waals surface area contributed by atoms with E-state index in [0.29, 0.717) is 28.7 Å². The molecule has 6 heteroatoms. The van der Waals surface area contributed by atoms with Crippen LogP contribution in [0.5, 0.6) is 10.9 Å². The first-order valence-corrected chi connectivity index (χ1v) is 10.1. The summed E-state index contributed by atoms with van der Waals surface area (Å²) in [4.78, 5) is 8.23. The summed E-state index contributed by atoms with van der Waals surface area (Å²) in [5, 5.41) is 1.40. The molecule has 4 fully saturated rings. The van der Waals surface area contributed by atoms with Gasteiger partial charge in [0, 0.05) is 37.7 Å². The second-order valence-electron chi connectivity index (χ2n) is 7.50. The van der Waals surface area contributed by atoms with E-state index in [2.05, 4.69) is 9.88 Å². The zero-order chi connectivity index (χ0) is 17.0. The molecule has 0 amide bonds. The highest BCUT2D eigenvalue weighted by Gasteiger charge is 2.48. The Morgan fingerprint density at radius 3 is 2.68 bits per heavy atom. The lowest BCUT2D eigenvalue weighted by Crippen LogP contribution is -2.61. The molecular weight excluding hydrogens is 356 g/mol. The van der Waals surface area contributed by atoms with Gasteiger partial charge in [0.25, 0.3) is 5.19 Å². The molecule has 2 unspecified atom stereocenters. The third-order valence-corrected chi connectivity index (χ3v) is 7.09. The molecule has 6 rings (SSSR count). The highest BCUT2D eigenvalue weighted by molar-refractivity contribution is 7.16. The largest absolute Gasteiger partial charge is 0.495 e. The Morgan fingerprint density at radius 1 is 1.20 bits per heavy atom. The van der Waals surface area contributed by atoms with Crippen molar-refractivity contribution in [2.75, 3.05) is 26.7 Å². The first-order chi connectivity index (χ1) is 12.2. The average molecular weight is 377 g/mol. The van der Waals surface area contributed by atoms with Crippen molar-refractivity contribution in [3.05, 3.63) is 29.4 Å². The van der Waals surface area contributed by atoms with Crippen LogP contribution in [0.3, 0.4) is 0 Å². The first kappa shape index (κ1) is 15.9. The number of hydrogen-bond donors (Lipinski definition) is 0. The summed E-state index contributed by atoms with van der Waals surface area (Å²) in [7, 11) is 1.63. The average Bonchev–Trinajstić information content (AvgIpc) is 3.06. The van der Waals surface area contributed by atoms with Crippen molar-refractivity contribution >= 4 is 22.9 Å². The van der Waals surface area contributed by atoms with Crippen molar-refractivity contribution in [1.82, 2.24) is 9.88 Å². The van der Waals surface area contributed by atoms with Gasteiger partial charge in [-0.25, -0.2) is 4.98 Å². The predicted octanol–water partition coefficient (Wildman–Crippen LogP) is 4.19. The Hall–Kier alpha value is -1.30. The van der Waals surface area contributed by atoms with Gasteiger partial charge in [-0.2, -0.15) is 0 Å². The second-order valence-corrected chi connectivity index (χ2v) is 8.90. The minimum atomic E-state index is 0.339. The number of hydrogen-bond acceptors (Lipinski definition) is 5. The quantitative estimate of drug-likeness (QED) is 0.801. The predicted molar refractivity (Wildman–Crippen MR) is 99.7 cm³/mol. The van der Waals surface area contributed by atoms with E-state index >= 15 is 0 Å². The SMILES string of the molecule is COc1ccc(-c2cnc(OC3C4CC5CC3CN(C5)C4)s2)cc1Cl. The highest BCUT2D eigenvalue weighted by atomic mass is 35.5. The maximum atomic E-state index is 6.39. The molecule has 0 radical (unpaired) electrons. The Kier molecular flexibility index (Phi) is 3.91. The summed E-state index contributed by atoms with van der Waals surface area (Å²) in [6, 6.07) is 5.83. The highest BCUT2D eigenvalue weighted by Crippen LogP contribution is 2.45. The van der Waals surface area contributed by atoms with Gasteiger partial charge >= 0.3 is 0 Å². The van der Waals surface area contributed by atoms with Gasteiger partial charge in [0.1, 0.15) is 11.9 Å². The number of aromatic nitrogens is 1. The molecule has 3 saturated heterocycles. The monoisotopic (exact) mass is 376 g/mol. The lowest BCUT2D eigenvalue weighted by Gasteiger charge is -2.55. The summed E-state index contributed by atoms with van der Waals surface area (Å²) in [5.74, 6) is 2.93. The van der Waals surface area contributed by atoms with Gasteiger partial charge in [-0.3, -0.25) is 0 Å². The van der Waals surface area contributed by atoms with E-state index in [1.165, 1.54) is 32.5 Å². The maximum absolute atomic E-state index is 6.39. The summed E-state index contributed by atoms with van der Waals surface area (Å²) < 4.78 is 11.6. The van der Waals surface area contributed by atoms with Crippen LogP contribution in [-0.4, -0.2) is 42.7 Å². The van der Waals surface area contributed by atoms with E-state index in [1.54, 1.807) is 18.4 Å². The molecule has 2 atom stereocenters. The van der Waals surface area contributed by atoms with E-state index < -0.39 is 0 Å². The number of piperidine rings is 3. The van der Waals surface area contributed by atoms with E-state index in [4.69, 9.17) is 21.1 Å². The number of rotatable bonds is 4. The van der Waals surface area contributed by atoms with Crippen LogP contribution >= 0.6 is 22.9 Å². The molecule has 3 aliphatic heterocycles. The molecule has 4 nitrogen and oxygen atoms in total. The van der Waals surface area contributed by atoms with E-state index in [-0.39, 0.29) is 0 Å². The van der Waals surface area contributed by atoms with Crippen molar-refractivity contribution < 1.29 is 9.47 Å².